The summed E-state index contributed by atoms with van der Waals surface area (Å²) < 4.78 is 0.453. The molecule has 14 heavy (non-hydrogen) atoms. The van der Waals surface area contributed by atoms with Crippen molar-refractivity contribution in [2.75, 3.05) is 19.3 Å². The molecule has 0 radical (unpaired) electrons. The summed E-state index contributed by atoms with van der Waals surface area (Å²) in [6, 6.07) is 0. The molecule has 0 spiro atoms. The first-order valence-corrected chi connectivity index (χ1v) is 6.84. The zero-order valence-electron chi connectivity index (χ0n) is 9.94. The van der Waals surface area contributed by atoms with Crippen molar-refractivity contribution < 1.29 is 0 Å². The highest BCUT2D eigenvalue weighted by Crippen LogP contribution is 2.29. The summed E-state index contributed by atoms with van der Waals surface area (Å²) in [6.07, 6.45) is 9.04. The fraction of sp³-hybridized carbons (Fsp3) is 0.833. The van der Waals surface area contributed by atoms with Gasteiger partial charge in [-0.1, -0.05) is 19.9 Å². The van der Waals surface area contributed by atoms with Gasteiger partial charge in [0, 0.05) is 11.3 Å². The molecule has 0 saturated carbocycles. The molecule has 2 heteroatoms. The number of hydrogen-bond donors (Lipinski definition) is 1. The number of hydrogen-bond acceptors (Lipinski definition) is 2. The molecule has 0 unspecified atom stereocenters. The third-order valence-electron chi connectivity index (χ3n) is 2.93. The van der Waals surface area contributed by atoms with Crippen LogP contribution < -0.4 is 5.32 Å². The predicted octanol–water partition coefficient (Wildman–Crippen LogP) is 3.46. The van der Waals surface area contributed by atoms with Crippen molar-refractivity contribution in [2.24, 2.45) is 0 Å². The highest BCUT2D eigenvalue weighted by atomic mass is 32.2. The summed E-state index contributed by atoms with van der Waals surface area (Å²) in [5.74, 6) is 0. The lowest BCUT2D eigenvalue weighted by Gasteiger charge is -2.30. The van der Waals surface area contributed by atoms with E-state index in [0.29, 0.717) is 4.75 Å². The smallest absolute Gasteiger partial charge is 0.0276 e. The summed E-state index contributed by atoms with van der Waals surface area (Å²) >= 11 is 2.00. The summed E-state index contributed by atoms with van der Waals surface area (Å²) in [6.45, 7) is 10.5. The Hall–Kier alpha value is 0.0500. The molecular formula is C12H25NS. The summed E-state index contributed by atoms with van der Waals surface area (Å²) in [4.78, 5) is 0. The Bertz CT molecular complexity index is 133. The van der Waals surface area contributed by atoms with E-state index in [2.05, 4.69) is 32.0 Å². The molecule has 0 rings (SSSR count). The van der Waals surface area contributed by atoms with Crippen LogP contribution in [0.4, 0.5) is 0 Å². The van der Waals surface area contributed by atoms with Crippen LogP contribution in [0.5, 0.6) is 0 Å². The van der Waals surface area contributed by atoms with E-state index in [4.69, 9.17) is 0 Å². The average Bonchev–Trinajstić information content (AvgIpc) is 2.24. The van der Waals surface area contributed by atoms with Crippen LogP contribution in [0.25, 0.3) is 0 Å². The van der Waals surface area contributed by atoms with Crippen molar-refractivity contribution >= 4 is 11.8 Å². The molecule has 0 fully saturated rings. The van der Waals surface area contributed by atoms with E-state index in [1.807, 2.05) is 17.8 Å². The number of rotatable bonds is 9. The second-order valence-electron chi connectivity index (χ2n) is 3.70. The molecule has 84 valence electrons. The molecule has 0 heterocycles. The maximum atomic E-state index is 3.72. The number of thioether (sulfide) groups is 1. The summed E-state index contributed by atoms with van der Waals surface area (Å²) in [5.41, 5.74) is 0. The Labute approximate surface area is 93.7 Å². The van der Waals surface area contributed by atoms with Crippen molar-refractivity contribution in [2.45, 2.75) is 44.3 Å². The van der Waals surface area contributed by atoms with E-state index in [9.17, 15) is 0 Å². The van der Waals surface area contributed by atoms with Gasteiger partial charge in [-0.3, -0.25) is 0 Å². The van der Waals surface area contributed by atoms with E-state index in [0.717, 1.165) is 19.5 Å². The van der Waals surface area contributed by atoms with Crippen molar-refractivity contribution in [1.82, 2.24) is 5.32 Å². The largest absolute Gasteiger partial charge is 0.315 e. The standard InChI is InChI=1S/C12H25NS/c1-5-8-9-10-13-11-12(6-2,7-3)14-4/h5,13H,1,6-11H2,2-4H3. The Morgan fingerprint density at radius 3 is 2.43 bits per heavy atom. The van der Waals surface area contributed by atoms with Crippen LogP contribution in [0.3, 0.4) is 0 Å². The molecular weight excluding hydrogens is 190 g/mol. The first-order chi connectivity index (χ1) is 6.74. The quantitative estimate of drug-likeness (QED) is 0.467. The number of unbranched alkanes of at least 4 members (excludes halogenated alkanes) is 1. The molecule has 0 atom stereocenters. The van der Waals surface area contributed by atoms with Crippen LogP contribution in [0.1, 0.15) is 39.5 Å². The second kappa shape index (κ2) is 8.37. The highest BCUT2D eigenvalue weighted by Gasteiger charge is 2.23. The molecule has 0 aromatic rings. The van der Waals surface area contributed by atoms with Crippen LogP contribution in [0.15, 0.2) is 12.7 Å². The van der Waals surface area contributed by atoms with Gasteiger partial charge < -0.3 is 5.32 Å². The zero-order valence-corrected chi connectivity index (χ0v) is 10.8. The maximum Gasteiger partial charge on any atom is 0.0276 e. The van der Waals surface area contributed by atoms with Crippen LogP contribution >= 0.6 is 11.8 Å². The molecule has 0 aliphatic heterocycles. The van der Waals surface area contributed by atoms with E-state index in [-0.39, 0.29) is 0 Å². The molecule has 0 amide bonds. The van der Waals surface area contributed by atoms with Crippen LogP contribution in [0, 0.1) is 0 Å². The third kappa shape index (κ3) is 5.06. The zero-order chi connectivity index (χ0) is 10.9. The molecule has 0 aliphatic carbocycles. The molecule has 0 bridgehead atoms. The van der Waals surface area contributed by atoms with Gasteiger partial charge in [-0.15, -0.1) is 6.58 Å². The van der Waals surface area contributed by atoms with E-state index in [1.165, 1.54) is 19.3 Å². The minimum Gasteiger partial charge on any atom is -0.315 e. The Morgan fingerprint density at radius 2 is 2.00 bits per heavy atom. The Balaban J connectivity index is 3.65. The van der Waals surface area contributed by atoms with Gasteiger partial charge in [-0.2, -0.15) is 11.8 Å². The topological polar surface area (TPSA) is 12.0 Å². The van der Waals surface area contributed by atoms with Crippen LogP contribution in [0.2, 0.25) is 0 Å². The van der Waals surface area contributed by atoms with E-state index >= 15 is 0 Å². The van der Waals surface area contributed by atoms with E-state index < -0.39 is 0 Å². The summed E-state index contributed by atoms with van der Waals surface area (Å²) in [7, 11) is 0. The van der Waals surface area contributed by atoms with E-state index in [1.54, 1.807) is 0 Å². The Kier molecular flexibility index (Phi) is 8.40. The number of nitrogens with one attached hydrogen (secondary N) is 1. The SMILES string of the molecule is C=CCCCNCC(CC)(CC)SC. The van der Waals surface area contributed by atoms with Crippen molar-refractivity contribution in [3.63, 3.8) is 0 Å². The third-order valence-corrected chi connectivity index (χ3v) is 4.52. The molecule has 0 saturated heterocycles. The minimum absolute atomic E-state index is 0.453. The lowest BCUT2D eigenvalue weighted by Crippen LogP contribution is -2.36. The van der Waals surface area contributed by atoms with Crippen molar-refractivity contribution in [3.05, 3.63) is 12.7 Å². The molecule has 1 N–H and O–H groups in total. The minimum atomic E-state index is 0.453. The monoisotopic (exact) mass is 215 g/mol. The number of allylic oxidation sites excluding steroid dienone is 1. The summed E-state index contributed by atoms with van der Waals surface area (Å²) in [5, 5.41) is 3.55. The van der Waals surface area contributed by atoms with Gasteiger partial charge in [0.2, 0.25) is 0 Å². The maximum absolute atomic E-state index is 3.72. The van der Waals surface area contributed by atoms with Crippen LogP contribution in [-0.2, 0) is 0 Å². The molecule has 0 aliphatic rings. The fourth-order valence-electron chi connectivity index (χ4n) is 1.55. The lowest BCUT2D eigenvalue weighted by molar-refractivity contribution is 0.492. The normalized spacial score (nSPS) is 11.6. The molecule has 0 aromatic heterocycles. The van der Waals surface area contributed by atoms with Crippen LogP contribution in [-0.4, -0.2) is 24.1 Å². The molecule has 1 nitrogen and oxygen atoms in total. The lowest BCUT2D eigenvalue weighted by atomic mass is 10.0. The highest BCUT2D eigenvalue weighted by molar-refractivity contribution is 8.00. The van der Waals surface area contributed by atoms with Gasteiger partial charge in [0.15, 0.2) is 0 Å². The van der Waals surface area contributed by atoms with Crippen molar-refractivity contribution in [1.29, 1.82) is 0 Å². The molecule has 0 aromatic carbocycles. The first-order valence-electron chi connectivity index (χ1n) is 5.61. The second-order valence-corrected chi connectivity index (χ2v) is 4.98. The Morgan fingerprint density at radius 1 is 1.36 bits per heavy atom. The fourth-order valence-corrected chi connectivity index (χ4v) is 2.37. The van der Waals surface area contributed by atoms with Gasteiger partial charge in [-0.05, 0) is 38.5 Å². The van der Waals surface area contributed by atoms with Crippen molar-refractivity contribution in [3.8, 4) is 0 Å². The first kappa shape index (κ1) is 14.1. The van der Waals surface area contributed by atoms with Gasteiger partial charge >= 0.3 is 0 Å². The van der Waals surface area contributed by atoms with Gasteiger partial charge in [0.05, 0.1) is 0 Å². The average molecular weight is 215 g/mol. The van der Waals surface area contributed by atoms with Gasteiger partial charge in [0.1, 0.15) is 0 Å². The predicted molar refractivity (Wildman–Crippen MR) is 69.1 cm³/mol. The van der Waals surface area contributed by atoms with Gasteiger partial charge in [0.25, 0.3) is 0 Å². The van der Waals surface area contributed by atoms with Gasteiger partial charge in [-0.25, -0.2) is 0 Å².